The Morgan fingerprint density at radius 3 is 2.69 bits per heavy atom. The maximum absolute atomic E-state index is 12.8. The number of hydrogen-bond acceptors (Lipinski definition) is 6. The predicted molar refractivity (Wildman–Crippen MR) is 143 cm³/mol. The van der Waals surface area contributed by atoms with Gasteiger partial charge in [-0.3, -0.25) is 4.79 Å². The van der Waals surface area contributed by atoms with Gasteiger partial charge in [0.25, 0.3) is 0 Å². The number of rotatable bonds is 9. The highest BCUT2D eigenvalue weighted by molar-refractivity contribution is 7.17. The molecule has 1 unspecified atom stereocenters. The SMILES string of the molecule is CCOC(=O)c1c(NC(=O)/C=C/c2ccc(OCc3ccccc3)c(OC)c2)sc2c1CCC(C)C2. The molecule has 1 atom stereocenters. The van der Waals surface area contributed by atoms with Gasteiger partial charge in [0.15, 0.2) is 11.5 Å². The fourth-order valence-electron chi connectivity index (χ4n) is 4.23. The van der Waals surface area contributed by atoms with Crippen molar-refractivity contribution < 1.29 is 23.8 Å². The first-order valence-electron chi connectivity index (χ1n) is 12.1. The minimum atomic E-state index is -0.375. The molecule has 0 spiro atoms. The second kappa shape index (κ2) is 11.9. The highest BCUT2D eigenvalue weighted by Crippen LogP contribution is 2.40. The Balaban J connectivity index is 1.46. The third kappa shape index (κ3) is 6.15. The Kier molecular flexibility index (Phi) is 8.44. The van der Waals surface area contributed by atoms with Crippen molar-refractivity contribution in [1.82, 2.24) is 0 Å². The third-order valence-corrected chi connectivity index (χ3v) is 7.25. The number of hydrogen-bond donors (Lipinski definition) is 1. The van der Waals surface area contributed by atoms with Crippen LogP contribution in [-0.2, 0) is 29.0 Å². The van der Waals surface area contributed by atoms with Crippen LogP contribution in [0, 0.1) is 5.92 Å². The number of nitrogens with one attached hydrogen (secondary N) is 1. The van der Waals surface area contributed by atoms with Crippen molar-refractivity contribution in [2.75, 3.05) is 19.0 Å². The number of methoxy groups -OCH3 is 1. The molecule has 1 aliphatic rings. The maximum Gasteiger partial charge on any atom is 0.341 e. The maximum atomic E-state index is 12.8. The molecule has 188 valence electrons. The van der Waals surface area contributed by atoms with Gasteiger partial charge in [-0.05, 0) is 67.0 Å². The van der Waals surface area contributed by atoms with E-state index in [-0.39, 0.29) is 11.9 Å². The number of esters is 1. The Morgan fingerprint density at radius 2 is 1.94 bits per heavy atom. The van der Waals surface area contributed by atoms with Crippen molar-refractivity contribution in [3.8, 4) is 11.5 Å². The molecule has 0 bridgehead atoms. The van der Waals surface area contributed by atoms with E-state index in [1.54, 1.807) is 20.1 Å². The first kappa shape index (κ1) is 25.5. The van der Waals surface area contributed by atoms with Gasteiger partial charge in [-0.2, -0.15) is 0 Å². The Hall–Kier alpha value is -3.58. The summed E-state index contributed by atoms with van der Waals surface area (Å²) in [5.41, 5.74) is 3.38. The van der Waals surface area contributed by atoms with Crippen molar-refractivity contribution in [2.45, 2.75) is 39.7 Å². The van der Waals surface area contributed by atoms with Crippen molar-refractivity contribution >= 4 is 34.3 Å². The zero-order valence-corrected chi connectivity index (χ0v) is 21.7. The molecule has 6 nitrogen and oxygen atoms in total. The normalized spacial score (nSPS) is 14.8. The van der Waals surface area contributed by atoms with Crippen LogP contribution < -0.4 is 14.8 Å². The fraction of sp³-hybridized carbons (Fsp3) is 0.310. The molecule has 36 heavy (non-hydrogen) atoms. The van der Waals surface area contributed by atoms with Gasteiger partial charge in [0.05, 0.1) is 19.3 Å². The van der Waals surface area contributed by atoms with Gasteiger partial charge >= 0.3 is 5.97 Å². The predicted octanol–water partition coefficient (Wildman–Crippen LogP) is 6.29. The molecule has 1 N–H and O–H groups in total. The molecule has 4 rings (SSSR count). The highest BCUT2D eigenvalue weighted by atomic mass is 32.1. The molecule has 0 radical (unpaired) electrons. The van der Waals surface area contributed by atoms with Crippen molar-refractivity contribution in [3.05, 3.63) is 81.7 Å². The first-order valence-corrected chi connectivity index (χ1v) is 13.0. The second-order valence-electron chi connectivity index (χ2n) is 8.78. The lowest BCUT2D eigenvalue weighted by Gasteiger charge is -2.18. The average Bonchev–Trinajstić information content (AvgIpc) is 3.23. The first-order chi connectivity index (χ1) is 17.5. The number of amides is 1. The number of anilines is 1. The van der Waals surface area contributed by atoms with E-state index < -0.39 is 0 Å². The highest BCUT2D eigenvalue weighted by Gasteiger charge is 2.28. The summed E-state index contributed by atoms with van der Waals surface area (Å²) < 4.78 is 16.7. The lowest BCUT2D eigenvalue weighted by atomic mass is 9.88. The summed E-state index contributed by atoms with van der Waals surface area (Å²) in [6.45, 7) is 4.72. The number of carbonyl (C=O) groups excluding carboxylic acids is 2. The molecule has 1 aromatic heterocycles. The second-order valence-corrected chi connectivity index (χ2v) is 9.89. The number of carbonyl (C=O) groups is 2. The van der Waals surface area contributed by atoms with E-state index in [0.29, 0.717) is 41.2 Å². The monoisotopic (exact) mass is 505 g/mol. The summed E-state index contributed by atoms with van der Waals surface area (Å²) in [5.74, 6) is 1.08. The van der Waals surface area contributed by atoms with Crippen LogP contribution in [0.25, 0.3) is 6.08 Å². The summed E-state index contributed by atoms with van der Waals surface area (Å²) in [5, 5.41) is 3.47. The van der Waals surface area contributed by atoms with Gasteiger partial charge in [0.1, 0.15) is 11.6 Å². The largest absolute Gasteiger partial charge is 0.493 e. The summed E-state index contributed by atoms with van der Waals surface area (Å²) in [6.07, 6.45) is 5.92. The molecule has 2 aromatic carbocycles. The molecule has 1 aliphatic carbocycles. The van der Waals surface area contributed by atoms with Gasteiger partial charge in [0, 0.05) is 11.0 Å². The summed E-state index contributed by atoms with van der Waals surface area (Å²) in [7, 11) is 1.58. The molecule has 0 fully saturated rings. The minimum absolute atomic E-state index is 0.292. The number of thiophene rings is 1. The molecule has 1 amide bonds. The van der Waals surface area contributed by atoms with Crippen LogP contribution in [0.5, 0.6) is 11.5 Å². The van der Waals surface area contributed by atoms with Crippen LogP contribution in [0.4, 0.5) is 5.00 Å². The molecular weight excluding hydrogens is 474 g/mol. The molecular formula is C29H31NO5S. The van der Waals surface area contributed by atoms with Crippen molar-refractivity contribution in [1.29, 1.82) is 0 Å². The quantitative estimate of drug-likeness (QED) is 0.273. The number of ether oxygens (including phenoxy) is 3. The van der Waals surface area contributed by atoms with Crippen LogP contribution >= 0.6 is 11.3 Å². The van der Waals surface area contributed by atoms with Crippen LogP contribution in [0.2, 0.25) is 0 Å². The van der Waals surface area contributed by atoms with E-state index in [4.69, 9.17) is 14.2 Å². The van der Waals surface area contributed by atoms with Crippen LogP contribution in [-0.4, -0.2) is 25.6 Å². The van der Waals surface area contributed by atoms with Crippen molar-refractivity contribution in [2.24, 2.45) is 5.92 Å². The average molecular weight is 506 g/mol. The smallest absolute Gasteiger partial charge is 0.341 e. The van der Waals surface area contributed by atoms with E-state index >= 15 is 0 Å². The standard InChI is InChI=1S/C29H31NO5S/c1-4-34-29(32)27-22-13-10-19(2)16-25(22)36-28(27)30-26(31)15-12-20-11-14-23(24(17-20)33-3)35-18-21-8-6-5-7-9-21/h5-9,11-12,14-15,17,19H,4,10,13,16,18H2,1-3H3,(H,30,31)/b15-12+. The van der Waals surface area contributed by atoms with E-state index in [1.165, 1.54) is 17.4 Å². The van der Waals surface area contributed by atoms with E-state index in [0.717, 1.165) is 40.8 Å². The van der Waals surface area contributed by atoms with Gasteiger partial charge < -0.3 is 19.5 Å². The zero-order chi connectivity index (χ0) is 25.5. The lowest BCUT2D eigenvalue weighted by molar-refractivity contribution is -0.111. The molecule has 3 aromatic rings. The van der Waals surface area contributed by atoms with Crippen LogP contribution in [0.15, 0.2) is 54.6 Å². The van der Waals surface area contributed by atoms with E-state index in [2.05, 4.69) is 12.2 Å². The van der Waals surface area contributed by atoms with Gasteiger partial charge in [-0.15, -0.1) is 11.3 Å². The number of benzene rings is 2. The Bertz CT molecular complexity index is 1250. The zero-order valence-electron chi connectivity index (χ0n) is 20.8. The van der Waals surface area contributed by atoms with Gasteiger partial charge in [0.2, 0.25) is 5.91 Å². The van der Waals surface area contributed by atoms with Crippen LogP contribution in [0.3, 0.4) is 0 Å². The minimum Gasteiger partial charge on any atom is -0.493 e. The van der Waals surface area contributed by atoms with Crippen LogP contribution in [0.1, 0.15) is 52.2 Å². The molecule has 1 heterocycles. The summed E-state index contributed by atoms with van der Waals surface area (Å²) in [6, 6.07) is 15.4. The third-order valence-electron chi connectivity index (χ3n) is 6.08. The Labute approximate surface area is 215 Å². The van der Waals surface area contributed by atoms with E-state index in [9.17, 15) is 9.59 Å². The molecule has 0 saturated carbocycles. The van der Waals surface area contributed by atoms with Gasteiger partial charge in [-0.25, -0.2) is 4.79 Å². The van der Waals surface area contributed by atoms with Gasteiger partial charge in [-0.1, -0.05) is 43.3 Å². The molecule has 0 aliphatic heterocycles. The fourth-order valence-corrected chi connectivity index (χ4v) is 5.63. The number of fused-ring (bicyclic) bond motifs is 1. The van der Waals surface area contributed by atoms with E-state index in [1.807, 2.05) is 48.5 Å². The summed E-state index contributed by atoms with van der Waals surface area (Å²) in [4.78, 5) is 26.6. The summed E-state index contributed by atoms with van der Waals surface area (Å²) >= 11 is 1.48. The van der Waals surface area contributed by atoms with Crippen molar-refractivity contribution in [3.63, 3.8) is 0 Å². The lowest BCUT2D eigenvalue weighted by Crippen LogP contribution is -2.15. The topological polar surface area (TPSA) is 73.9 Å². The Morgan fingerprint density at radius 1 is 1.14 bits per heavy atom. The molecule has 7 heteroatoms. The molecule has 0 saturated heterocycles.